The summed E-state index contributed by atoms with van der Waals surface area (Å²) in [6.07, 6.45) is 8.96. The van der Waals surface area contributed by atoms with E-state index in [1.165, 1.54) is 41.2 Å². The third-order valence-corrected chi connectivity index (χ3v) is 7.03. The van der Waals surface area contributed by atoms with Crippen LogP contribution in [0.2, 0.25) is 0 Å². The summed E-state index contributed by atoms with van der Waals surface area (Å²) in [5, 5.41) is 11.7. The first-order valence-corrected chi connectivity index (χ1v) is 11.1. The summed E-state index contributed by atoms with van der Waals surface area (Å²) in [7, 11) is 0. The first-order valence-electron chi connectivity index (χ1n) is 11.1. The fraction of sp³-hybridized carbons (Fsp3) is 0.423. The fourth-order valence-corrected chi connectivity index (χ4v) is 5.61. The number of aliphatic hydroxyl groups is 1. The lowest BCUT2D eigenvalue weighted by atomic mass is 9.84. The molecule has 2 bridgehead atoms. The number of fused-ring (bicyclic) bond motifs is 3. The number of benzene rings is 2. The van der Waals surface area contributed by atoms with Gasteiger partial charge in [-0.1, -0.05) is 30.3 Å². The van der Waals surface area contributed by atoms with E-state index in [4.69, 9.17) is 9.84 Å². The molecule has 2 fully saturated rings. The van der Waals surface area contributed by atoms with Crippen molar-refractivity contribution in [3.63, 3.8) is 0 Å². The lowest BCUT2D eigenvalue weighted by Gasteiger charge is -2.25. The Bertz CT molecular complexity index is 1030. The molecule has 0 spiro atoms. The average Bonchev–Trinajstić information content (AvgIpc) is 3.30. The fourth-order valence-electron chi connectivity index (χ4n) is 5.61. The molecule has 30 heavy (non-hydrogen) atoms. The second-order valence-electron chi connectivity index (χ2n) is 8.86. The van der Waals surface area contributed by atoms with Crippen LogP contribution < -0.4 is 4.74 Å². The van der Waals surface area contributed by atoms with E-state index < -0.39 is 0 Å². The molecule has 1 aromatic heterocycles. The molecule has 2 aromatic carbocycles. The number of rotatable bonds is 7. The van der Waals surface area contributed by atoms with Gasteiger partial charge in [-0.05, 0) is 72.7 Å². The van der Waals surface area contributed by atoms with Crippen molar-refractivity contribution in [1.29, 1.82) is 0 Å². The minimum Gasteiger partial charge on any atom is -0.491 e. The summed E-state index contributed by atoms with van der Waals surface area (Å²) >= 11 is 0. The van der Waals surface area contributed by atoms with Crippen LogP contribution in [0.4, 0.5) is 0 Å². The largest absolute Gasteiger partial charge is 0.491 e. The van der Waals surface area contributed by atoms with Crippen LogP contribution in [-0.4, -0.2) is 40.3 Å². The number of ether oxygens (including phenoxy) is 1. The van der Waals surface area contributed by atoms with Crippen molar-refractivity contribution in [3.05, 3.63) is 71.5 Å². The summed E-state index contributed by atoms with van der Waals surface area (Å²) in [4.78, 5) is 7.02. The third-order valence-electron chi connectivity index (χ3n) is 7.03. The summed E-state index contributed by atoms with van der Waals surface area (Å²) in [5.41, 5.74) is 3.89. The normalized spacial score (nSPS) is 23.3. The third kappa shape index (κ3) is 3.70. The molecule has 3 unspecified atom stereocenters. The average molecular weight is 403 g/mol. The van der Waals surface area contributed by atoms with E-state index in [1.54, 1.807) is 0 Å². The lowest BCUT2D eigenvalue weighted by molar-refractivity contribution is 0.199. The molecule has 1 N–H and O–H groups in total. The molecule has 0 saturated carbocycles. The molecule has 2 saturated heterocycles. The molecule has 2 aliphatic rings. The maximum Gasteiger partial charge on any atom is 0.122 e. The molecule has 0 amide bonds. The van der Waals surface area contributed by atoms with Crippen LogP contribution in [0.1, 0.15) is 36.0 Å². The maximum absolute atomic E-state index is 9.07. The summed E-state index contributed by atoms with van der Waals surface area (Å²) in [5.74, 6) is 1.62. The second-order valence-corrected chi connectivity index (χ2v) is 8.86. The summed E-state index contributed by atoms with van der Waals surface area (Å²) < 4.78 is 5.73. The van der Waals surface area contributed by atoms with Crippen molar-refractivity contribution in [2.45, 2.75) is 51.2 Å². The van der Waals surface area contributed by atoms with E-state index in [9.17, 15) is 0 Å². The highest BCUT2D eigenvalue weighted by Crippen LogP contribution is 2.44. The molecule has 5 rings (SSSR count). The van der Waals surface area contributed by atoms with Crippen molar-refractivity contribution >= 4 is 10.8 Å². The van der Waals surface area contributed by atoms with Gasteiger partial charge in [-0.2, -0.15) is 0 Å². The molecule has 4 heteroatoms. The Balaban J connectivity index is 1.32. The monoisotopic (exact) mass is 402 g/mol. The molecule has 156 valence electrons. The SMILES string of the molecule is Cc1ccc(CN2C3CCC2C(Cc2cccc4cnccc24)C3)cc1OCCO. The molecule has 3 aromatic rings. The Kier molecular flexibility index (Phi) is 5.45. The van der Waals surface area contributed by atoms with Crippen molar-refractivity contribution in [3.8, 4) is 5.75 Å². The Labute approximate surface area is 178 Å². The highest BCUT2D eigenvalue weighted by molar-refractivity contribution is 5.84. The van der Waals surface area contributed by atoms with Crippen LogP contribution in [0.3, 0.4) is 0 Å². The van der Waals surface area contributed by atoms with Gasteiger partial charge < -0.3 is 9.84 Å². The Hall–Kier alpha value is -2.43. The molecule has 2 aliphatic heterocycles. The quantitative estimate of drug-likeness (QED) is 0.632. The van der Waals surface area contributed by atoms with Crippen LogP contribution >= 0.6 is 0 Å². The van der Waals surface area contributed by atoms with E-state index in [1.807, 2.05) is 12.4 Å². The molecule has 0 radical (unpaired) electrons. The van der Waals surface area contributed by atoms with Crippen LogP contribution in [0.5, 0.6) is 5.75 Å². The maximum atomic E-state index is 9.07. The zero-order chi connectivity index (χ0) is 20.5. The number of aliphatic hydroxyl groups excluding tert-OH is 1. The van der Waals surface area contributed by atoms with E-state index in [0.29, 0.717) is 18.7 Å². The smallest absolute Gasteiger partial charge is 0.122 e. The number of hydrogen-bond donors (Lipinski definition) is 1. The minimum atomic E-state index is 0.0475. The van der Waals surface area contributed by atoms with Crippen LogP contribution in [0.15, 0.2) is 54.9 Å². The van der Waals surface area contributed by atoms with Crippen molar-refractivity contribution < 1.29 is 9.84 Å². The zero-order valence-electron chi connectivity index (χ0n) is 17.6. The van der Waals surface area contributed by atoms with E-state index in [2.05, 4.69) is 59.3 Å². The predicted octanol–water partition coefficient (Wildman–Crippen LogP) is 4.51. The van der Waals surface area contributed by atoms with Gasteiger partial charge in [0.05, 0.1) is 6.61 Å². The molecule has 0 aliphatic carbocycles. The van der Waals surface area contributed by atoms with Crippen molar-refractivity contribution in [1.82, 2.24) is 9.88 Å². The van der Waals surface area contributed by atoms with Crippen LogP contribution in [0, 0.1) is 12.8 Å². The Morgan fingerprint density at radius 1 is 1.17 bits per heavy atom. The first-order chi connectivity index (χ1) is 14.7. The number of nitrogens with zero attached hydrogens (tertiary/aromatic N) is 2. The number of aryl methyl sites for hydroxylation is 1. The molecular weight excluding hydrogens is 372 g/mol. The van der Waals surface area contributed by atoms with E-state index in [-0.39, 0.29) is 6.61 Å². The Morgan fingerprint density at radius 3 is 3.00 bits per heavy atom. The van der Waals surface area contributed by atoms with Crippen LogP contribution in [0.25, 0.3) is 10.8 Å². The van der Waals surface area contributed by atoms with Gasteiger partial charge in [0.1, 0.15) is 12.4 Å². The summed E-state index contributed by atoms with van der Waals surface area (Å²) in [6.45, 7) is 3.44. The van der Waals surface area contributed by atoms with E-state index in [0.717, 1.165) is 30.2 Å². The molecule has 3 heterocycles. The molecular formula is C26H30N2O2. The van der Waals surface area contributed by atoms with Gasteiger partial charge in [0, 0.05) is 36.4 Å². The van der Waals surface area contributed by atoms with Gasteiger partial charge in [-0.15, -0.1) is 0 Å². The highest BCUT2D eigenvalue weighted by Gasteiger charge is 2.45. The highest BCUT2D eigenvalue weighted by atomic mass is 16.5. The molecule has 4 nitrogen and oxygen atoms in total. The van der Waals surface area contributed by atoms with Gasteiger partial charge in [0.2, 0.25) is 0 Å². The number of hydrogen-bond acceptors (Lipinski definition) is 4. The number of pyridine rings is 1. The van der Waals surface area contributed by atoms with Crippen LogP contribution in [-0.2, 0) is 13.0 Å². The minimum absolute atomic E-state index is 0.0475. The number of aromatic nitrogens is 1. The standard InChI is InChI=1S/C26H30N2O2/c1-18-5-6-19(13-26(18)30-12-11-29)17-28-23-7-8-25(28)22(15-23)14-20-3-2-4-21-16-27-10-9-24(20)21/h2-6,9-10,13,16,22-23,25,29H,7-8,11-12,14-15,17H2,1H3. The predicted molar refractivity (Wildman–Crippen MR) is 120 cm³/mol. The van der Waals surface area contributed by atoms with E-state index >= 15 is 0 Å². The van der Waals surface area contributed by atoms with Gasteiger partial charge in [0.25, 0.3) is 0 Å². The molecule has 3 atom stereocenters. The Morgan fingerprint density at radius 2 is 2.10 bits per heavy atom. The van der Waals surface area contributed by atoms with Gasteiger partial charge in [-0.25, -0.2) is 0 Å². The zero-order valence-corrected chi connectivity index (χ0v) is 17.6. The van der Waals surface area contributed by atoms with Crippen molar-refractivity contribution in [2.24, 2.45) is 5.92 Å². The second kappa shape index (κ2) is 8.37. The van der Waals surface area contributed by atoms with Crippen molar-refractivity contribution in [2.75, 3.05) is 13.2 Å². The summed E-state index contributed by atoms with van der Waals surface area (Å²) in [6, 6.07) is 16.7. The van der Waals surface area contributed by atoms with Gasteiger partial charge in [-0.3, -0.25) is 9.88 Å². The lowest BCUT2D eigenvalue weighted by Crippen LogP contribution is -2.30. The topological polar surface area (TPSA) is 45.6 Å². The first kappa shape index (κ1) is 19.5. The van der Waals surface area contributed by atoms with Gasteiger partial charge in [0.15, 0.2) is 0 Å². The van der Waals surface area contributed by atoms with Gasteiger partial charge >= 0.3 is 0 Å².